The van der Waals surface area contributed by atoms with Gasteiger partial charge in [-0.1, -0.05) is 32.6 Å². The van der Waals surface area contributed by atoms with Crippen LogP contribution < -0.4 is 0 Å². The van der Waals surface area contributed by atoms with Crippen LogP contribution >= 0.6 is 0 Å². The second-order valence-corrected chi connectivity index (χ2v) is 5.15. The highest BCUT2D eigenvalue weighted by atomic mass is 16.8. The second-order valence-electron chi connectivity index (χ2n) is 5.15. The molecule has 1 aliphatic heterocycles. The van der Waals surface area contributed by atoms with Crippen molar-refractivity contribution in [2.24, 2.45) is 0 Å². The van der Waals surface area contributed by atoms with Gasteiger partial charge in [-0.2, -0.15) is 0 Å². The minimum absolute atomic E-state index is 0.0987. The first-order valence-electron chi connectivity index (χ1n) is 7.32. The largest absolute Gasteiger partial charge is 0.401 e. The minimum Gasteiger partial charge on any atom is -0.396 e. The van der Waals surface area contributed by atoms with Gasteiger partial charge in [-0.25, -0.2) is 0 Å². The maximum absolute atomic E-state index is 11.5. The zero-order valence-corrected chi connectivity index (χ0v) is 12.0. The number of esters is 2. The quantitative estimate of drug-likeness (QED) is 0.570. The molecule has 6 nitrogen and oxygen atoms in total. The smallest absolute Gasteiger partial charge is 0.396 e. The first-order valence-corrected chi connectivity index (χ1v) is 7.32. The van der Waals surface area contributed by atoms with Gasteiger partial charge in [0, 0.05) is 12.8 Å². The summed E-state index contributed by atoms with van der Waals surface area (Å²) in [6.07, 6.45) is 3.59. The molecule has 6 heteroatoms. The standard InChI is InChI=1S/C14H24O6/c1-2-3-4-5-8-11(15)14(18)19-12(16)9-6-7-10-13(17)20-14/h11,15,18H,2-10H2,1H3. The highest BCUT2D eigenvalue weighted by molar-refractivity contribution is 5.72. The van der Waals surface area contributed by atoms with E-state index in [2.05, 4.69) is 6.92 Å². The van der Waals surface area contributed by atoms with Crippen molar-refractivity contribution in [1.29, 1.82) is 0 Å². The van der Waals surface area contributed by atoms with E-state index in [1.54, 1.807) is 0 Å². The maximum atomic E-state index is 11.5. The van der Waals surface area contributed by atoms with Crippen LogP contribution in [0, 0.1) is 0 Å². The fourth-order valence-corrected chi connectivity index (χ4v) is 2.07. The molecule has 0 aromatic heterocycles. The van der Waals surface area contributed by atoms with Gasteiger partial charge in [0.05, 0.1) is 0 Å². The van der Waals surface area contributed by atoms with Crippen molar-refractivity contribution in [2.45, 2.75) is 76.8 Å². The summed E-state index contributed by atoms with van der Waals surface area (Å²) in [6.45, 7) is 2.06. The lowest BCUT2D eigenvalue weighted by atomic mass is 10.1. The van der Waals surface area contributed by atoms with Gasteiger partial charge in [-0.3, -0.25) is 9.59 Å². The Morgan fingerprint density at radius 1 is 1.10 bits per heavy atom. The van der Waals surface area contributed by atoms with Crippen LogP contribution in [0.3, 0.4) is 0 Å². The fourth-order valence-electron chi connectivity index (χ4n) is 2.07. The molecular formula is C14H24O6. The third-order valence-corrected chi connectivity index (χ3v) is 3.28. The van der Waals surface area contributed by atoms with Crippen LogP contribution in [-0.2, 0) is 19.1 Å². The first kappa shape index (κ1) is 16.9. The van der Waals surface area contributed by atoms with E-state index in [1.165, 1.54) is 0 Å². The van der Waals surface area contributed by atoms with Gasteiger partial charge >= 0.3 is 17.9 Å². The average Bonchev–Trinajstić information content (AvgIpc) is 2.44. The molecule has 0 amide bonds. The number of aliphatic hydroxyl groups is 2. The third-order valence-electron chi connectivity index (χ3n) is 3.28. The molecule has 2 N–H and O–H groups in total. The van der Waals surface area contributed by atoms with Gasteiger partial charge in [0.15, 0.2) is 6.10 Å². The average molecular weight is 288 g/mol. The SMILES string of the molecule is CCCCCCC(O)C1(O)OC(=O)CCCCC(=O)O1. The van der Waals surface area contributed by atoms with Crippen LogP contribution in [0.4, 0.5) is 0 Å². The predicted octanol–water partition coefficient (Wildman–Crippen LogP) is 1.62. The van der Waals surface area contributed by atoms with E-state index >= 15 is 0 Å². The van der Waals surface area contributed by atoms with E-state index in [0.29, 0.717) is 19.3 Å². The number of hydrogen-bond donors (Lipinski definition) is 2. The molecule has 0 radical (unpaired) electrons. The number of hydrogen-bond acceptors (Lipinski definition) is 6. The van der Waals surface area contributed by atoms with Gasteiger partial charge in [0.1, 0.15) is 0 Å². The van der Waals surface area contributed by atoms with E-state index in [1.807, 2.05) is 0 Å². The Bertz CT molecular complexity index is 308. The van der Waals surface area contributed by atoms with Crippen LogP contribution in [0.15, 0.2) is 0 Å². The number of carbonyl (C=O) groups is 2. The predicted molar refractivity (Wildman–Crippen MR) is 70.4 cm³/mol. The normalized spacial score (nSPS) is 21.1. The molecule has 1 saturated heterocycles. The summed E-state index contributed by atoms with van der Waals surface area (Å²) in [4.78, 5) is 23.0. The molecule has 0 aromatic rings. The van der Waals surface area contributed by atoms with E-state index < -0.39 is 24.0 Å². The molecule has 1 atom stereocenters. The Kier molecular flexibility index (Phi) is 6.95. The Morgan fingerprint density at radius 3 is 2.15 bits per heavy atom. The van der Waals surface area contributed by atoms with Crippen LogP contribution in [0.1, 0.15) is 64.7 Å². The van der Waals surface area contributed by atoms with Crippen LogP contribution in [0.2, 0.25) is 0 Å². The molecule has 0 bridgehead atoms. The summed E-state index contributed by atoms with van der Waals surface area (Å²) in [5.74, 6) is -3.89. The topological polar surface area (TPSA) is 93.1 Å². The molecule has 0 saturated carbocycles. The van der Waals surface area contributed by atoms with Gasteiger partial charge in [0.25, 0.3) is 0 Å². The molecule has 0 aromatic carbocycles. The zero-order chi connectivity index (χ0) is 15.0. The van der Waals surface area contributed by atoms with Crippen molar-refractivity contribution in [3.05, 3.63) is 0 Å². The number of unbranched alkanes of at least 4 members (excludes halogenated alkanes) is 3. The van der Waals surface area contributed by atoms with Crippen LogP contribution in [0.25, 0.3) is 0 Å². The van der Waals surface area contributed by atoms with E-state index in [9.17, 15) is 19.8 Å². The fraction of sp³-hybridized carbons (Fsp3) is 0.857. The van der Waals surface area contributed by atoms with Crippen LogP contribution in [-0.4, -0.2) is 34.2 Å². The lowest BCUT2D eigenvalue weighted by molar-refractivity contribution is -0.361. The highest BCUT2D eigenvalue weighted by Crippen LogP contribution is 2.24. The van der Waals surface area contributed by atoms with Crippen molar-refractivity contribution in [2.75, 3.05) is 0 Å². The minimum atomic E-state index is -2.55. The summed E-state index contributed by atoms with van der Waals surface area (Å²) >= 11 is 0. The molecular weight excluding hydrogens is 264 g/mol. The number of cyclic esters (lactones) is 2. The van der Waals surface area contributed by atoms with Crippen molar-refractivity contribution < 1.29 is 29.3 Å². The number of ether oxygens (including phenoxy) is 2. The summed E-state index contributed by atoms with van der Waals surface area (Å²) in [5, 5.41) is 20.1. The lowest BCUT2D eigenvalue weighted by Gasteiger charge is -2.30. The van der Waals surface area contributed by atoms with Crippen molar-refractivity contribution in [3.8, 4) is 0 Å². The highest BCUT2D eigenvalue weighted by Gasteiger charge is 2.44. The zero-order valence-electron chi connectivity index (χ0n) is 12.0. The molecule has 1 rings (SSSR count). The van der Waals surface area contributed by atoms with Crippen molar-refractivity contribution in [3.63, 3.8) is 0 Å². The maximum Gasteiger partial charge on any atom is 0.401 e. The molecule has 1 aliphatic rings. The number of aliphatic hydroxyl groups excluding tert-OH is 1. The van der Waals surface area contributed by atoms with Gasteiger partial charge < -0.3 is 19.7 Å². The monoisotopic (exact) mass is 288 g/mol. The molecule has 1 heterocycles. The summed E-state index contributed by atoms with van der Waals surface area (Å²) < 4.78 is 9.54. The second kappa shape index (κ2) is 8.21. The Balaban J connectivity index is 2.62. The van der Waals surface area contributed by atoms with Crippen molar-refractivity contribution >= 4 is 11.9 Å². The Morgan fingerprint density at radius 2 is 1.65 bits per heavy atom. The lowest BCUT2D eigenvalue weighted by Crippen LogP contribution is -2.50. The summed E-state index contributed by atoms with van der Waals surface area (Å²) in [7, 11) is 0. The molecule has 116 valence electrons. The van der Waals surface area contributed by atoms with E-state index in [0.717, 1.165) is 19.3 Å². The van der Waals surface area contributed by atoms with Crippen LogP contribution in [0.5, 0.6) is 0 Å². The number of rotatable bonds is 6. The van der Waals surface area contributed by atoms with Gasteiger partial charge in [-0.05, 0) is 19.3 Å². The molecule has 20 heavy (non-hydrogen) atoms. The van der Waals surface area contributed by atoms with Gasteiger partial charge in [-0.15, -0.1) is 0 Å². The Labute approximate surface area is 119 Å². The summed E-state index contributed by atoms with van der Waals surface area (Å²) in [5.41, 5.74) is 0. The first-order chi connectivity index (χ1) is 9.48. The summed E-state index contributed by atoms with van der Waals surface area (Å²) in [6, 6.07) is 0. The molecule has 0 aliphatic carbocycles. The molecule has 1 unspecified atom stereocenters. The molecule has 0 spiro atoms. The van der Waals surface area contributed by atoms with Crippen molar-refractivity contribution in [1.82, 2.24) is 0 Å². The van der Waals surface area contributed by atoms with Gasteiger partial charge in [0.2, 0.25) is 0 Å². The van der Waals surface area contributed by atoms with E-state index in [4.69, 9.17) is 9.47 Å². The van der Waals surface area contributed by atoms with E-state index in [-0.39, 0.29) is 19.3 Å². The number of carbonyl (C=O) groups excluding carboxylic acids is 2. The Hall–Kier alpha value is -1.14. The third kappa shape index (κ3) is 5.46. The molecule has 1 fully saturated rings.